The van der Waals surface area contributed by atoms with Crippen LogP contribution >= 0.6 is 0 Å². The van der Waals surface area contributed by atoms with Crippen molar-refractivity contribution in [1.82, 2.24) is 10.6 Å². The first-order chi connectivity index (χ1) is 7.28. The molecule has 0 bridgehead atoms. The minimum absolute atomic E-state index is 0.0919. The Balaban J connectivity index is 2.37. The van der Waals surface area contributed by atoms with Crippen LogP contribution in [0.4, 0.5) is 9.18 Å². The molecule has 0 saturated carbocycles. The number of alkyl halides is 1. The highest BCUT2D eigenvalue weighted by atomic mass is 19.1. The van der Waals surface area contributed by atoms with E-state index >= 15 is 0 Å². The smallest absolute Gasteiger partial charge is 0.414 e. The van der Waals surface area contributed by atoms with Crippen molar-refractivity contribution in [2.24, 2.45) is 0 Å². The normalized spacial score (nSPS) is 25.2. The summed E-state index contributed by atoms with van der Waals surface area (Å²) in [6.45, 7) is 5.24. The fourth-order valence-electron chi connectivity index (χ4n) is 1.38. The Morgan fingerprint density at radius 2 is 2.06 bits per heavy atom. The van der Waals surface area contributed by atoms with Crippen LogP contribution < -0.4 is 10.6 Å². The molecule has 1 rings (SSSR count). The molecule has 2 N–H and O–H groups in total. The zero-order valence-corrected chi connectivity index (χ0v) is 9.67. The molecule has 16 heavy (non-hydrogen) atoms. The SMILES string of the molecule is CC(C)(C)OC(=O)NC(=O)C1CC(F)CN1. The number of alkyl carbamates (subject to hydrolysis) is 1. The summed E-state index contributed by atoms with van der Waals surface area (Å²) in [5, 5.41) is 4.75. The van der Waals surface area contributed by atoms with E-state index in [0.29, 0.717) is 0 Å². The Kier molecular flexibility index (Phi) is 3.85. The molecule has 6 heteroatoms. The van der Waals surface area contributed by atoms with Gasteiger partial charge in [0.05, 0.1) is 6.04 Å². The molecule has 0 spiro atoms. The van der Waals surface area contributed by atoms with Crippen molar-refractivity contribution in [2.75, 3.05) is 6.54 Å². The van der Waals surface area contributed by atoms with Crippen molar-refractivity contribution in [3.63, 3.8) is 0 Å². The molecule has 0 aromatic heterocycles. The lowest BCUT2D eigenvalue weighted by atomic mass is 10.2. The van der Waals surface area contributed by atoms with E-state index in [2.05, 4.69) is 10.6 Å². The second-order valence-electron chi connectivity index (χ2n) is 4.78. The summed E-state index contributed by atoms with van der Waals surface area (Å²) in [6.07, 6.45) is -1.75. The van der Waals surface area contributed by atoms with Gasteiger partial charge in [-0.25, -0.2) is 9.18 Å². The van der Waals surface area contributed by atoms with Gasteiger partial charge in [-0.3, -0.25) is 10.1 Å². The van der Waals surface area contributed by atoms with Crippen molar-refractivity contribution in [3.8, 4) is 0 Å². The molecule has 0 aliphatic carbocycles. The zero-order chi connectivity index (χ0) is 12.3. The lowest BCUT2D eigenvalue weighted by Gasteiger charge is -2.20. The van der Waals surface area contributed by atoms with Crippen LogP contribution in [0, 0.1) is 0 Å². The summed E-state index contributed by atoms with van der Waals surface area (Å²) in [5.74, 6) is -0.547. The molecule has 1 fully saturated rings. The Labute approximate surface area is 93.7 Å². The third-order valence-corrected chi connectivity index (χ3v) is 2.02. The number of rotatable bonds is 1. The standard InChI is InChI=1S/C10H17FN2O3/c1-10(2,3)16-9(15)13-8(14)7-4-6(11)5-12-7/h6-7,12H,4-5H2,1-3H3,(H,13,14,15). The Bertz CT molecular complexity index is 288. The predicted molar refractivity (Wildman–Crippen MR) is 55.7 cm³/mol. The van der Waals surface area contributed by atoms with Crippen LogP contribution in [0.25, 0.3) is 0 Å². The third-order valence-electron chi connectivity index (χ3n) is 2.02. The molecule has 0 aromatic carbocycles. The first kappa shape index (κ1) is 12.9. The number of carbonyl (C=O) groups is 2. The quantitative estimate of drug-likeness (QED) is 0.699. The summed E-state index contributed by atoms with van der Waals surface area (Å²) >= 11 is 0. The van der Waals surface area contributed by atoms with Gasteiger partial charge in [0.1, 0.15) is 11.8 Å². The summed E-state index contributed by atoms with van der Waals surface area (Å²) in [5.41, 5.74) is -0.657. The van der Waals surface area contributed by atoms with Crippen molar-refractivity contribution < 1.29 is 18.7 Å². The lowest BCUT2D eigenvalue weighted by molar-refractivity contribution is -0.122. The first-order valence-corrected chi connectivity index (χ1v) is 5.19. The van der Waals surface area contributed by atoms with Gasteiger partial charge in [0.2, 0.25) is 5.91 Å². The molecule has 2 amide bonds. The molecule has 5 nitrogen and oxygen atoms in total. The molecule has 1 heterocycles. The maximum Gasteiger partial charge on any atom is 0.414 e. The van der Waals surface area contributed by atoms with Crippen LogP contribution in [0.15, 0.2) is 0 Å². The predicted octanol–water partition coefficient (Wildman–Crippen LogP) is 0.738. The highest BCUT2D eigenvalue weighted by Gasteiger charge is 2.30. The Morgan fingerprint density at radius 3 is 2.50 bits per heavy atom. The minimum Gasteiger partial charge on any atom is -0.444 e. The molecule has 1 aliphatic heterocycles. The molecular weight excluding hydrogens is 215 g/mol. The van der Waals surface area contributed by atoms with Crippen LogP contribution in [-0.4, -0.2) is 36.4 Å². The van der Waals surface area contributed by atoms with Crippen LogP contribution in [0.2, 0.25) is 0 Å². The van der Waals surface area contributed by atoms with E-state index in [1.54, 1.807) is 20.8 Å². The van der Waals surface area contributed by atoms with Crippen molar-refractivity contribution >= 4 is 12.0 Å². The van der Waals surface area contributed by atoms with Gasteiger partial charge in [-0.2, -0.15) is 0 Å². The molecule has 1 saturated heterocycles. The van der Waals surface area contributed by atoms with Gasteiger partial charge < -0.3 is 10.1 Å². The first-order valence-electron chi connectivity index (χ1n) is 5.19. The molecule has 0 radical (unpaired) electrons. The van der Waals surface area contributed by atoms with E-state index in [1.807, 2.05) is 0 Å². The zero-order valence-electron chi connectivity index (χ0n) is 9.67. The van der Waals surface area contributed by atoms with E-state index in [-0.39, 0.29) is 13.0 Å². The summed E-state index contributed by atoms with van der Waals surface area (Å²) in [7, 11) is 0. The van der Waals surface area contributed by atoms with E-state index in [0.717, 1.165) is 0 Å². The number of nitrogens with one attached hydrogen (secondary N) is 2. The monoisotopic (exact) mass is 232 g/mol. The summed E-state index contributed by atoms with van der Waals surface area (Å²) in [6, 6.07) is -0.650. The minimum atomic E-state index is -1.03. The molecule has 2 unspecified atom stereocenters. The summed E-state index contributed by atoms with van der Waals surface area (Å²) in [4.78, 5) is 22.7. The average molecular weight is 232 g/mol. The van der Waals surface area contributed by atoms with Gasteiger partial charge in [0.25, 0.3) is 0 Å². The van der Waals surface area contributed by atoms with Crippen LogP contribution in [0.5, 0.6) is 0 Å². The number of carbonyl (C=O) groups excluding carboxylic acids is 2. The van der Waals surface area contributed by atoms with E-state index in [4.69, 9.17) is 4.74 Å². The van der Waals surface area contributed by atoms with Gasteiger partial charge in [-0.1, -0.05) is 0 Å². The molecule has 2 atom stereocenters. The largest absolute Gasteiger partial charge is 0.444 e. The average Bonchev–Trinajstić information content (AvgIpc) is 2.47. The van der Waals surface area contributed by atoms with Crippen LogP contribution in [0.3, 0.4) is 0 Å². The molecule has 1 aliphatic rings. The molecular formula is C10H17FN2O3. The number of hydrogen-bond donors (Lipinski definition) is 2. The van der Waals surface area contributed by atoms with Crippen molar-refractivity contribution in [2.45, 2.75) is 45.0 Å². The van der Waals surface area contributed by atoms with Gasteiger partial charge in [0, 0.05) is 13.0 Å². The Morgan fingerprint density at radius 1 is 1.44 bits per heavy atom. The Hall–Kier alpha value is -1.17. The second kappa shape index (κ2) is 4.78. The van der Waals surface area contributed by atoms with Gasteiger partial charge >= 0.3 is 6.09 Å². The highest BCUT2D eigenvalue weighted by molar-refractivity contribution is 5.95. The van der Waals surface area contributed by atoms with Gasteiger partial charge in [-0.15, -0.1) is 0 Å². The van der Waals surface area contributed by atoms with Crippen molar-refractivity contribution in [3.05, 3.63) is 0 Å². The van der Waals surface area contributed by atoms with Gasteiger partial charge in [0.15, 0.2) is 0 Å². The highest BCUT2D eigenvalue weighted by Crippen LogP contribution is 2.10. The number of ether oxygens (including phenoxy) is 1. The van der Waals surface area contributed by atoms with Gasteiger partial charge in [-0.05, 0) is 20.8 Å². The van der Waals surface area contributed by atoms with E-state index < -0.39 is 29.8 Å². The number of halogens is 1. The number of imide groups is 1. The second-order valence-corrected chi connectivity index (χ2v) is 4.78. The maximum atomic E-state index is 12.8. The van der Waals surface area contributed by atoms with E-state index in [1.165, 1.54) is 0 Å². The number of hydrogen-bond acceptors (Lipinski definition) is 4. The van der Waals surface area contributed by atoms with Crippen LogP contribution in [0.1, 0.15) is 27.2 Å². The fraction of sp³-hybridized carbons (Fsp3) is 0.800. The summed E-state index contributed by atoms with van der Waals surface area (Å²) < 4.78 is 17.7. The topological polar surface area (TPSA) is 67.4 Å². The fourth-order valence-corrected chi connectivity index (χ4v) is 1.38. The van der Waals surface area contributed by atoms with Crippen molar-refractivity contribution in [1.29, 1.82) is 0 Å². The molecule has 0 aromatic rings. The lowest BCUT2D eigenvalue weighted by Crippen LogP contribution is -2.45. The third kappa shape index (κ3) is 4.14. The maximum absolute atomic E-state index is 12.8. The molecule has 92 valence electrons. The van der Waals surface area contributed by atoms with E-state index in [9.17, 15) is 14.0 Å². The number of amides is 2. The van der Waals surface area contributed by atoms with Crippen LogP contribution in [-0.2, 0) is 9.53 Å².